The third kappa shape index (κ3) is 4.76. The summed E-state index contributed by atoms with van der Waals surface area (Å²) in [5, 5.41) is 3.12. The van der Waals surface area contributed by atoms with Gasteiger partial charge in [-0.1, -0.05) is 51.1 Å². The first kappa shape index (κ1) is 19.2. The average molecular weight is 364 g/mol. The molecule has 0 radical (unpaired) electrons. The molecule has 0 atom stereocenters. The van der Waals surface area contributed by atoms with E-state index in [0.29, 0.717) is 18.7 Å². The van der Waals surface area contributed by atoms with Crippen LogP contribution >= 0.6 is 0 Å². The summed E-state index contributed by atoms with van der Waals surface area (Å²) < 4.78 is 0. The zero-order chi connectivity index (χ0) is 19.4. The normalized spacial score (nSPS) is 15.4. The molecule has 0 aromatic heterocycles. The quantitative estimate of drug-likeness (QED) is 0.894. The first-order chi connectivity index (χ1) is 12.8. The van der Waals surface area contributed by atoms with Gasteiger partial charge in [-0.2, -0.15) is 0 Å². The van der Waals surface area contributed by atoms with Gasteiger partial charge in [0.25, 0.3) is 11.8 Å². The van der Waals surface area contributed by atoms with Crippen molar-refractivity contribution < 1.29 is 9.59 Å². The van der Waals surface area contributed by atoms with E-state index in [1.165, 1.54) is 5.56 Å². The Bertz CT molecular complexity index is 783. The van der Waals surface area contributed by atoms with E-state index in [0.717, 1.165) is 18.4 Å². The Morgan fingerprint density at radius 1 is 0.889 bits per heavy atom. The van der Waals surface area contributed by atoms with E-state index in [-0.39, 0.29) is 23.3 Å². The van der Waals surface area contributed by atoms with E-state index in [2.05, 4.69) is 26.1 Å². The summed E-state index contributed by atoms with van der Waals surface area (Å²) in [6.07, 6.45) is 1.56. The van der Waals surface area contributed by atoms with Crippen LogP contribution in [0.3, 0.4) is 0 Å². The van der Waals surface area contributed by atoms with E-state index in [4.69, 9.17) is 0 Å². The number of piperidine rings is 1. The summed E-state index contributed by atoms with van der Waals surface area (Å²) in [5.74, 6) is 0.0291. The lowest BCUT2D eigenvalue weighted by Crippen LogP contribution is -2.46. The fraction of sp³-hybridized carbons (Fsp3) is 0.391. The van der Waals surface area contributed by atoms with Crippen LogP contribution in [0, 0.1) is 0 Å². The molecule has 1 aliphatic heterocycles. The minimum Gasteiger partial charge on any atom is -0.349 e. The van der Waals surface area contributed by atoms with Crippen molar-refractivity contribution in [2.24, 2.45) is 0 Å². The Hall–Kier alpha value is -2.62. The van der Waals surface area contributed by atoms with Crippen molar-refractivity contribution in [1.82, 2.24) is 10.2 Å². The molecule has 2 amide bonds. The Kier molecular flexibility index (Phi) is 5.64. The second-order valence-corrected chi connectivity index (χ2v) is 8.23. The zero-order valence-electron chi connectivity index (χ0n) is 16.4. The summed E-state index contributed by atoms with van der Waals surface area (Å²) in [7, 11) is 0. The van der Waals surface area contributed by atoms with Crippen molar-refractivity contribution >= 4 is 11.8 Å². The van der Waals surface area contributed by atoms with Crippen LogP contribution in [0.4, 0.5) is 0 Å². The van der Waals surface area contributed by atoms with E-state index in [1.807, 2.05) is 59.5 Å². The second-order valence-electron chi connectivity index (χ2n) is 8.23. The third-order valence-corrected chi connectivity index (χ3v) is 5.15. The summed E-state index contributed by atoms with van der Waals surface area (Å²) in [6.45, 7) is 7.81. The van der Waals surface area contributed by atoms with Crippen LogP contribution in [0.2, 0.25) is 0 Å². The molecule has 2 aromatic carbocycles. The van der Waals surface area contributed by atoms with Crippen LogP contribution < -0.4 is 5.32 Å². The summed E-state index contributed by atoms with van der Waals surface area (Å²) in [5.41, 5.74) is 2.70. The SMILES string of the molecule is CC(C)(C)c1ccc(C(=O)NC2CCN(C(=O)c3ccccc3)CC2)cc1. The van der Waals surface area contributed by atoms with E-state index >= 15 is 0 Å². The number of nitrogens with one attached hydrogen (secondary N) is 1. The van der Waals surface area contributed by atoms with Crippen molar-refractivity contribution in [1.29, 1.82) is 0 Å². The number of hydrogen-bond donors (Lipinski definition) is 1. The fourth-order valence-corrected chi connectivity index (χ4v) is 3.38. The Balaban J connectivity index is 1.53. The summed E-state index contributed by atoms with van der Waals surface area (Å²) >= 11 is 0. The van der Waals surface area contributed by atoms with Gasteiger partial charge in [-0.25, -0.2) is 0 Å². The van der Waals surface area contributed by atoms with Crippen LogP contribution in [0.1, 0.15) is 59.9 Å². The number of nitrogens with zero attached hydrogens (tertiary/aromatic N) is 1. The lowest BCUT2D eigenvalue weighted by molar-refractivity contribution is 0.0698. The number of amides is 2. The first-order valence-corrected chi connectivity index (χ1v) is 9.60. The van der Waals surface area contributed by atoms with Crippen LogP contribution in [-0.2, 0) is 5.41 Å². The molecule has 4 heteroatoms. The predicted octanol–water partition coefficient (Wildman–Crippen LogP) is 4.02. The van der Waals surface area contributed by atoms with Gasteiger partial charge in [-0.05, 0) is 48.1 Å². The number of carbonyl (C=O) groups is 2. The highest BCUT2D eigenvalue weighted by molar-refractivity contribution is 5.95. The maximum absolute atomic E-state index is 12.5. The molecule has 0 spiro atoms. The van der Waals surface area contributed by atoms with Crippen molar-refractivity contribution in [3.63, 3.8) is 0 Å². The largest absolute Gasteiger partial charge is 0.349 e. The van der Waals surface area contributed by atoms with Crippen molar-refractivity contribution in [3.8, 4) is 0 Å². The van der Waals surface area contributed by atoms with Gasteiger partial charge in [0.1, 0.15) is 0 Å². The molecule has 0 unspecified atom stereocenters. The minimum absolute atomic E-state index is 0.0386. The van der Waals surface area contributed by atoms with Gasteiger partial charge in [0.05, 0.1) is 0 Å². The lowest BCUT2D eigenvalue weighted by Gasteiger charge is -2.32. The number of rotatable bonds is 3. The lowest BCUT2D eigenvalue weighted by atomic mass is 9.86. The van der Waals surface area contributed by atoms with E-state index < -0.39 is 0 Å². The minimum atomic E-state index is -0.0386. The second kappa shape index (κ2) is 7.95. The van der Waals surface area contributed by atoms with Gasteiger partial charge >= 0.3 is 0 Å². The molecular formula is C23H28N2O2. The molecule has 1 fully saturated rings. The van der Waals surface area contributed by atoms with Crippen LogP contribution in [0.15, 0.2) is 54.6 Å². The monoisotopic (exact) mass is 364 g/mol. The molecule has 142 valence electrons. The summed E-state index contributed by atoms with van der Waals surface area (Å²) in [6, 6.07) is 17.3. The van der Waals surface area contributed by atoms with Crippen molar-refractivity contribution in [3.05, 3.63) is 71.3 Å². The molecule has 1 saturated heterocycles. The standard InChI is InChI=1S/C23H28N2O2/c1-23(2,3)19-11-9-17(10-12-19)21(26)24-20-13-15-25(16-14-20)22(27)18-7-5-4-6-8-18/h4-12,20H,13-16H2,1-3H3,(H,24,26). The molecule has 0 aliphatic carbocycles. The molecule has 0 saturated carbocycles. The molecule has 2 aromatic rings. The molecule has 3 rings (SSSR count). The van der Waals surface area contributed by atoms with Gasteiger partial charge in [0.15, 0.2) is 0 Å². The highest BCUT2D eigenvalue weighted by atomic mass is 16.2. The van der Waals surface area contributed by atoms with Crippen molar-refractivity contribution in [2.45, 2.75) is 45.1 Å². The van der Waals surface area contributed by atoms with E-state index in [1.54, 1.807) is 0 Å². The van der Waals surface area contributed by atoms with Gasteiger partial charge in [-0.15, -0.1) is 0 Å². The zero-order valence-corrected chi connectivity index (χ0v) is 16.4. The average Bonchev–Trinajstić information content (AvgIpc) is 2.68. The number of hydrogen-bond acceptors (Lipinski definition) is 2. The first-order valence-electron chi connectivity index (χ1n) is 9.60. The molecular weight excluding hydrogens is 336 g/mol. The molecule has 0 bridgehead atoms. The molecule has 1 N–H and O–H groups in total. The van der Waals surface area contributed by atoms with Crippen LogP contribution in [0.5, 0.6) is 0 Å². The highest BCUT2D eigenvalue weighted by Gasteiger charge is 2.25. The highest BCUT2D eigenvalue weighted by Crippen LogP contribution is 2.22. The van der Waals surface area contributed by atoms with E-state index in [9.17, 15) is 9.59 Å². The smallest absolute Gasteiger partial charge is 0.253 e. The topological polar surface area (TPSA) is 49.4 Å². The van der Waals surface area contributed by atoms with Gasteiger partial charge in [-0.3, -0.25) is 9.59 Å². The molecule has 1 heterocycles. The number of benzene rings is 2. The molecule has 27 heavy (non-hydrogen) atoms. The Morgan fingerprint density at radius 2 is 1.48 bits per heavy atom. The fourth-order valence-electron chi connectivity index (χ4n) is 3.38. The molecule has 1 aliphatic rings. The summed E-state index contributed by atoms with van der Waals surface area (Å²) in [4.78, 5) is 26.9. The molecule has 4 nitrogen and oxygen atoms in total. The number of likely N-dealkylation sites (tertiary alicyclic amines) is 1. The van der Waals surface area contributed by atoms with Crippen LogP contribution in [-0.4, -0.2) is 35.8 Å². The van der Waals surface area contributed by atoms with Gasteiger partial charge < -0.3 is 10.2 Å². The number of carbonyl (C=O) groups excluding carboxylic acids is 2. The van der Waals surface area contributed by atoms with Gasteiger partial charge in [0, 0.05) is 30.3 Å². The Labute approximate surface area is 161 Å². The maximum atomic E-state index is 12.5. The Morgan fingerprint density at radius 3 is 2.04 bits per heavy atom. The third-order valence-electron chi connectivity index (χ3n) is 5.15. The maximum Gasteiger partial charge on any atom is 0.253 e. The predicted molar refractivity (Wildman–Crippen MR) is 108 cm³/mol. The van der Waals surface area contributed by atoms with Crippen molar-refractivity contribution in [2.75, 3.05) is 13.1 Å². The van der Waals surface area contributed by atoms with Crippen LogP contribution in [0.25, 0.3) is 0 Å². The van der Waals surface area contributed by atoms with Gasteiger partial charge in [0.2, 0.25) is 0 Å².